The number of nitrogens with one attached hydrogen (secondary N) is 1. The fraction of sp³-hybridized carbons (Fsp3) is 0.278. The van der Waals surface area contributed by atoms with E-state index in [1.807, 2.05) is 25.1 Å². The van der Waals surface area contributed by atoms with Crippen molar-refractivity contribution in [3.8, 4) is 5.75 Å². The molecular weight excluding hydrogens is 349 g/mol. The lowest BCUT2D eigenvalue weighted by Crippen LogP contribution is -2.09. The average molecular weight is 368 g/mol. The van der Waals surface area contributed by atoms with Crippen LogP contribution < -0.4 is 10.1 Å². The van der Waals surface area contributed by atoms with E-state index in [9.17, 15) is 9.90 Å². The van der Waals surface area contributed by atoms with Crippen LogP contribution >= 0.6 is 23.2 Å². The van der Waals surface area contributed by atoms with Gasteiger partial charge in [0.2, 0.25) is 0 Å². The molecule has 0 saturated heterocycles. The fourth-order valence-corrected chi connectivity index (χ4v) is 2.48. The molecule has 4 nitrogen and oxygen atoms in total. The molecule has 0 atom stereocenters. The molecule has 0 amide bonds. The number of carbonyl (C=O) groups is 1. The average Bonchev–Trinajstić information content (AvgIpc) is 2.55. The summed E-state index contributed by atoms with van der Waals surface area (Å²) in [5.74, 6) is -0.197. The molecule has 6 heteroatoms. The zero-order valence-electron chi connectivity index (χ0n) is 13.3. The van der Waals surface area contributed by atoms with E-state index in [0.717, 1.165) is 29.2 Å². The van der Waals surface area contributed by atoms with Crippen molar-refractivity contribution in [3.63, 3.8) is 0 Å². The Morgan fingerprint density at radius 1 is 1.17 bits per heavy atom. The molecule has 0 aliphatic rings. The summed E-state index contributed by atoms with van der Waals surface area (Å²) in [6, 6.07) is 10.4. The third-order valence-corrected chi connectivity index (χ3v) is 4.16. The SMILES string of the molecule is Cc1cc(OCCCCNc2ccc(Cl)cc2C(=O)O)ccc1Cl. The van der Waals surface area contributed by atoms with Gasteiger partial charge in [-0.2, -0.15) is 0 Å². The normalized spacial score (nSPS) is 10.5. The summed E-state index contributed by atoms with van der Waals surface area (Å²) in [7, 11) is 0. The highest BCUT2D eigenvalue weighted by molar-refractivity contribution is 6.31. The zero-order chi connectivity index (χ0) is 17.5. The molecule has 24 heavy (non-hydrogen) atoms. The number of carboxylic acids is 1. The molecular formula is C18H19Cl2NO3. The van der Waals surface area contributed by atoms with Crippen LogP contribution in [0.2, 0.25) is 10.0 Å². The van der Waals surface area contributed by atoms with Gasteiger partial charge in [0.05, 0.1) is 12.2 Å². The molecule has 0 fully saturated rings. The van der Waals surface area contributed by atoms with Gasteiger partial charge in [-0.25, -0.2) is 4.79 Å². The maximum Gasteiger partial charge on any atom is 0.337 e. The molecule has 0 unspecified atom stereocenters. The highest BCUT2D eigenvalue weighted by Gasteiger charge is 2.10. The Bertz CT molecular complexity index is 719. The van der Waals surface area contributed by atoms with Gasteiger partial charge in [-0.1, -0.05) is 23.2 Å². The summed E-state index contributed by atoms with van der Waals surface area (Å²) in [5.41, 5.74) is 1.73. The van der Waals surface area contributed by atoms with Crippen molar-refractivity contribution >= 4 is 34.9 Å². The van der Waals surface area contributed by atoms with E-state index in [1.165, 1.54) is 6.07 Å². The van der Waals surface area contributed by atoms with Crippen LogP contribution in [0.25, 0.3) is 0 Å². The highest BCUT2D eigenvalue weighted by Crippen LogP contribution is 2.22. The van der Waals surface area contributed by atoms with E-state index in [0.29, 0.717) is 23.9 Å². The molecule has 0 spiro atoms. The molecule has 0 aromatic heterocycles. The Hall–Kier alpha value is -1.91. The second-order valence-corrected chi connectivity index (χ2v) is 6.23. The van der Waals surface area contributed by atoms with Crippen LogP contribution in [0.3, 0.4) is 0 Å². The Balaban J connectivity index is 1.73. The van der Waals surface area contributed by atoms with E-state index in [-0.39, 0.29) is 5.56 Å². The predicted molar refractivity (Wildman–Crippen MR) is 97.8 cm³/mol. The van der Waals surface area contributed by atoms with Crippen molar-refractivity contribution in [2.45, 2.75) is 19.8 Å². The van der Waals surface area contributed by atoms with Crippen LogP contribution in [0.4, 0.5) is 5.69 Å². The van der Waals surface area contributed by atoms with Crippen LogP contribution in [-0.2, 0) is 0 Å². The highest BCUT2D eigenvalue weighted by atomic mass is 35.5. The minimum atomic E-state index is -0.999. The first-order valence-electron chi connectivity index (χ1n) is 7.63. The number of ether oxygens (including phenoxy) is 1. The molecule has 0 saturated carbocycles. The van der Waals surface area contributed by atoms with Crippen LogP contribution in [0, 0.1) is 6.92 Å². The van der Waals surface area contributed by atoms with Crippen molar-refractivity contribution in [3.05, 3.63) is 57.6 Å². The molecule has 2 rings (SSSR count). The second kappa shape index (κ2) is 8.81. The number of hydrogen-bond donors (Lipinski definition) is 2. The largest absolute Gasteiger partial charge is 0.494 e. The lowest BCUT2D eigenvalue weighted by atomic mass is 10.1. The van der Waals surface area contributed by atoms with E-state index in [4.69, 9.17) is 27.9 Å². The van der Waals surface area contributed by atoms with Gasteiger partial charge in [0.1, 0.15) is 5.75 Å². The Morgan fingerprint density at radius 2 is 1.96 bits per heavy atom. The smallest absolute Gasteiger partial charge is 0.337 e. The number of hydrogen-bond acceptors (Lipinski definition) is 3. The summed E-state index contributed by atoms with van der Waals surface area (Å²) >= 11 is 11.8. The third-order valence-electron chi connectivity index (χ3n) is 3.50. The number of aryl methyl sites for hydroxylation is 1. The van der Waals surface area contributed by atoms with Gasteiger partial charge < -0.3 is 15.2 Å². The summed E-state index contributed by atoms with van der Waals surface area (Å²) in [6.07, 6.45) is 1.71. The quantitative estimate of drug-likeness (QED) is 0.623. The predicted octanol–water partition coefficient (Wildman–Crippen LogP) is 5.27. The second-order valence-electron chi connectivity index (χ2n) is 5.39. The minimum Gasteiger partial charge on any atom is -0.494 e. The maximum atomic E-state index is 11.2. The van der Waals surface area contributed by atoms with Crippen molar-refractivity contribution in [2.24, 2.45) is 0 Å². The zero-order valence-corrected chi connectivity index (χ0v) is 14.8. The maximum absolute atomic E-state index is 11.2. The summed E-state index contributed by atoms with van der Waals surface area (Å²) < 4.78 is 5.67. The summed E-state index contributed by atoms with van der Waals surface area (Å²) in [5, 5.41) is 13.4. The van der Waals surface area contributed by atoms with E-state index < -0.39 is 5.97 Å². The van der Waals surface area contributed by atoms with Gasteiger partial charge in [-0.05, 0) is 61.7 Å². The molecule has 0 radical (unpaired) electrons. The molecule has 0 aliphatic heterocycles. The molecule has 128 valence electrons. The van der Waals surface area contributed by atoms with E-state index >= 15 is 0 Å². The number of anilines is 1. The van der Waals surface area contributed by atoms with Gasteiger partial charge >= 0.3 is 5.97 Å². The Labute approximate surface area is 151 Å². The lowest BCUT2D eigenvalue weighted by Gasteiger charge is -2.11. The first kappa shape index (κ1) is 18.4. The van der Waals surface area contributed by atoms with Crippen LogP contribution in [-0.4, -0.2) is 24.2 Å². The molecule has 2 aromatic carbocycles. The number of unbranched alkanes of at least 4 members (excludes halogenated alkanes) is 1. The summed E-state index contributed by atoms with van der Waals surface area (Å²) in [4.78, 5) is 11.2. The standard InChI is InChI=1S/C18H19Cl2NO3/c1-12-10-14(5-6-16(12)20)24-9-3-2-8-21-17-7-4-13(19)11-15(17)18(22)23/h4-7,10-11,21H,2-3,8-9H2,1H3,(H,22,23). The molecule has 0 bridgehead atoms. The topological polar surface area (TPSA) is 58.6 Å². The van der Waals surface area contributed by atoms with Crippen LogP contribution in [0.1, 0.15) is 28.8 Å². The molecule has 2 aromatic rings. The van der Waals surface area contributed by atoms with Gasteiger partial charge in [0.25, 0.3) is 0 Å². The number of carboxylic acid groups (broad SMARTS) is 1. The number of benzene rings is 2. The lowest BCUT2D eigenvalue weighted by molar-refractivity contribution is 0.0698. The van der Waals surface area contributed by atoms with E-state index in [1.54, 1.807) is 12.1 Å². The Kier molecular flexibility index (Phi) is 6.76. The monoisotopic (exact) mass is 367 g/mol. The molecule has 0 aliphatic carbocycles. The van der Waals surface area contributed by atoms with Crippen molar-refractivity contribution in [1.82, 2.24) is 0 Å². The van der Waals surface area contributed by atoms with Gasteiger partial charge in [-0.15, -0.1) is 0 Å². The van der Waals surface area contributed by atoms with Gasteiger partial charge in [0.15, 0.2) is 0 Å². The number of aromatic carboxylic acids is 1. The first-order valence-corrected chi connectivity index (χ1v) is 8.38. The first-order chi connectivity index (χ1) is 11.5. The third kappa shape index (κ3) is 5.32. The van der Waals surface area contributed by atoms with Crippen molar-refractivity contribution < 1.29 is 14.6 Å². The minimum absolute atomic E-state index is 0.176. The molecule has 2 N–H and O–H groups in total. The van der Waals surface area contributed by atoms with E-state index in [2.05, 4.69) is 5.32 Å². The fourth-order valence-electron chi connectivity index (χ4n) is 2.19. The van der Waals surface area contributed by atoms with Gasteiger partial charge in [-0.3, -0.25) is 0 Å². The summed E-state index contributed by atoms with van der Waals surface area (Å²) in [6.45, 7) is 3.19. The van der Waals surface area contributed by atoms with Gasteiger partial charge in [0, 0.05) is 22.3 Å². The number of halogens is 2. The van der Waals surface area contributed by atoms with Crippen molar-refractivity contribution in [1.29, 1.82) is 0 Å². The van der Waals surface area contributed by atoms with Crippen molar-refractivity contribution in [2.75, 3.05) is 18.5 Å². The van der Waals surface area contributed by atoms with Crippen LogP contribution in [0.15, 0.2) is 36.4 Å². The van der Waals surface area contributed by atoms with Crippen LogP contribution in [0.5, 0.6) is 5.75 Å². The Morgan fingerprint density at radius 3 is 2.67 bits per heavy atom. The molecule has 0 heterocycles. The number of rotatable bonds is 8.